The Morgan fingerprint density at radius 2 is 1.84 bits per heavy atom. The molecule has 0 aliphatic heterocycles. The molecule has 0 spiro atoms. The zero-order chi connectivity index (χ0) is 13.4. The first-order valence-corrected chi connectivity index (χ1v) is 6.69. The fraction of sp³-hybridized carbons (Fsp3) is 0.235. The van der Waals surface area contributed by atoms with Crippen molar-refractivity contribution in [1.82, 2.24) is 0 Å². The second-order valence-electron chi connectivity index (χ2n) is 5.00. The van der Waals surface area contributed by atoms with E-state index < -0.39 is 5.97 Å². The fourth-order valence-corrected chi connectivity index (χ4v) is 3.14. The van der Waals surface area contributed by atoms with Gasteiger partial charge in [0, 0.05) is 11.5 Å². The Balaban J connectivity index is 2.29. The molecule has 0 aromatic heterocycles. The van der Waals surface area contributed by atoms with Crippen LogP contribution in [0, 0.1) is 0 Å². The first-order chi connectivity index (χ1) is 9.24. The number of carbonyl (C=O) groups is 1. The van der Waals surface area contributed by atoms with E-state index in [2.05, 4.69) is 19.1 Å². The van der Waals surface area contributed by atoms with Crippen LogP contribution in [0.5, 0.6) is 0 Å². The van der Waals surface area contributed by atoms with Gasteiger partial charge >= 0.3 is 5.97 Å². The Kier molecular flexibility index (Phi) is 2.86. The van der Waals surface area contributed by atoms with Crippen LogP contribution in [-0.4, -0.2) is 11.1 Å². The van der Waals surface area contributed by atoms with Gasteiger partial charge in [0.05, 0.1) is 5.56 Å². The SMILES string of the molecule is CCCC1c2ccccc2-c2c(C(=O)O)cccc21. The summed E-state index contributed by atoms with van der Waals surface area (Å²) in [7, 11) is 0. The molecule has 0 saturated heterocycles. The molecule has 1 N–H and O–H groups in total. The minimum atomic E-state index is -0.844. The predicted molar refractivity (Wildman–Crippen MR) is 75.6 cm³/mol. The van der Waals surface area contributed by atoms with Gasteiger partial charge in [-0.25, -0.2) is 4.79 Å². The van der Waals surface area contributed by atoms with Gasteiger partial charge < -0.3 is 5.11 Å². The van der Waals surface area contributed by atoms with E-state index >= 15 is 0 Å². The molecule has 1 atom stereocenters. The second kappa shape index (κ2) is 4.54. The number of carboxylic acid groups (broad SMARTS) is 1. The highest BCUT2D eigenvalue weighted by molar-refractivity contribution is 5.99. The molecule has 0 radical (unpaired) electrons. The minimum absolute atomic E-state index is 0.343. The second-order valence-corrected chi connectivity index (χ2v) is 5.00. The lowest BCUT2D eigenvalue weighted by atomic mass is 9.92. The van der Waals surface area contributed by atoms with Gasteiger partial charge in [0.2, 0.25) is 0 Å². The third-order valence-electron chi connectivity index (χ3n) is 3.89. The Labute approximate surface area is 112 Å². The first kappa shape index (κ1) is 12.0. The van der Waals surface area contributed by atoms with Crippen molar-refractivity contribution in [1.29, 1.82) is 0 Å². The normalized spacial score (nSPS) is 15.9. The standard InChI is InChI=1S/C17H16O2/c1-2-6-11-12-7-3-4-8-13(12)16-14(11)9-5-10-15(16)17(18)19/h3-5,7-11H,2,6H2,1H3,(H,18,19). The lowest BCUT2D eigenvalue weighted by Crippen LogP contribution is -2.00. The minimum Gasteiger partial charge on any atom is -0.478 e. The molecule has 0 saturated carbocycles. The summed E-state index contributed by atoms with van der Waals surface area (Å²) in [6.45, 7) is 2.17. The van der Waals surface area contributed by atoms with Crippen molar-refractivity contribution in [3.05, 3.63) is 59.2 Å². The smallest absolute Gasteiger partial charge is 0.336 e. The molecule has 2 heteroatoms. The molecule has 2 aromatic carbocycles. The largest absolute Gasteiger partial charge is 0.478 e. The molecule has 1 unspecified atom stereocenters. The molecule has 0 fully saturated rings. The molecule has 2 nitrogen and oxygen atoms in total. The van der Waals surface area contributed by atoms with Gasteiger partial charge in [-0.2, -0.15) is 0 Å². The Morgan fingerprint density at radius 1 is 1.11 bits per heavy atom. The summed E-state index contributed by atoms with van der Waals surface area (Å²) in [6, 6.07) is 13.8. The summed E-state index contributed by atoms with van der Waals surface area (Å²) in [5.74, 6) is -0.501. The van der Waals surface area contributed by atoms with Gasteiger partial charge in [-0.1, -0.05) is 49.7 Å². The lowest BCUT2D eigenvalue weighted by molar-refractivity contribution is 0.0697. The van der Waals surface area contributed by atoms with Crippen LogP contribution in [0.2, 0.25) is 0 Å². The number of carboxylic acids is 1. The van der Waals surface area contributed by atoms with Gasteiger partial charge in [0.1, 0.15) is 0 Å². The highest BCUT2D eigenvalue weighted by atomic mass is 16.4. The molecule has 0 heterocycles. The summed E-state index contributed by atoms with van der Waals surface area (Å²) < 4.78 is 0. The van der Waals surface area contributed by atoms with Crippen LogP contribution in [-0.2, 0) is 0 Å². The van der Waals surface area contributed by atoms with Crippen LogP contribution in [0.4, 0.5) is 0 Å². The van der Waals surface area contributed by atoms with E-state index in [1.807, 2.05) is 24.3 Å². The molecule has 2 aromatic rings. The molecule has 1 aliphatic carbocycles. The first-order valence-electron chi connectivity index (χ1n) is 6.69. The number of benzene rings is 2. The highest BCUT2D eigenvalue weighted by Crippen LogP contribution is 2.48. The van der Waals surface area contributed by atoms with Crippen molar-refractivity contribution < 1.29 is 9.90 Å². The van der Waals surface area contributed by atoms with Gasteiger partial charge in [-0.3, -0.25) is 0 Å². The number of aromatic carboxylic acids is 1. The van der Waals surface area contributed by atoms with Gasteiger partial charge in [0.25, 0.3) is 0 Å². The van der Waals surface area contributed by atoms with E-state index in [4.69, 9.17) is 0 Å². The van der Waals surface area contributed by atoms with Gasteiger partial charge in [-0.15, -0.1) is 0 Å². The van der Waals surface area contributed by atoms with Gasteiger partial charge in [0.15, 0.2) is 0 Å². The topological polar surface area (TPSA) is 37.3 Å². The Hall–Kier alpha value is -2.09. The van der Waals surface area contributed by atoms with E-state index in [0.717, 1.165) is 24.0 Å². The maximum atomic E-state index is 11.4. The molecule has 19 heavy (non-hydrogen) atoms. The molecular weight excluding hydrogens is 236 g/mol. The zero-order valence-electron chi connectivity index (χ0n) is 10.9. The van der Waals surface area contributed by atoms with E-state index in [1.54, 1.807) is 6.07 Å². The van der Waals surface area contributed by atoms with Crippen LogP contribution < -0.4 is 0 Å². The van der Waals surface area contributed by atoms with Crippen molar-refractivity contribution in [2.75, 3.05) is 0 Å². The van der Waals surface area contributed by atoms with Gasteiger partial charge in [-0.05, 0) is 29.2 Å². The Morgan fingerprint density at radius 3 is 2.58 bits per heavy atom. The lowest BCUT2D eigenvalue weighted by Gasteiger charge is -2.12. The average molecular weight is 252 g/mol. The van der Waals surface area contributed by atoms with E-state index in [1.165, 1.54) is 11.1 Å². The summed E-state index contributed by atoms with van der Waals surface area (Å²) >= 11 is 0. The number of hydrogen-bond acceptors (Lipinski definition) is 1. The van der Waals surface area contributed by atoms with Crippen LogP contribution in [0.3, 0.4) is 0 Å². The predicted octanol–water partition coefficient (Wildman–Crippen LogP) is 4.30. The molecular formula is C17H16O2. The van der Waals surface area contributed by atoms with Crippen molar-refractivity contribution in [2.24, 2.45) is 0 Å². The summed E-state index contributed by atoms with van der Waals surface area (Å²) in [5, 5.41) is 9.39. The summed E-state index contributed by atoms with van der Waals surface area (Å²) in [5.41, 5.74) is 4.87. The molecule has 96 valence electrons. The van der Waals surface area contributed by atoms with Crippen molar-refractivity contribution in [2.45, 2.75) is 25.7 Å². The van der Waals surface area contributed by atoms with Crippen molar-refractivity contribution in [3.63, 3.8) is 0 Å². The van der Waals surface area contributed by atoms with E-state index in [0.29, 0.717) is 11.5 Å². The van der Waals surface area contributed by atoms with Crippen molar-refractivity contribution in [3.8, 4) is 11.1 Å². The highest BCUT2D eigenvalue weighted by Gasteiger charge is 2.30. The van der Waals surface area contributed by atoms with Crippen LogP contribution in [0.25, 0.3) is 11.1 Å². The fourth-order valence-electron chi connectivity index (χ4n) is 3.14. The Bertz CT molecular complexity index is 643. The maximum Gasteiger partial charge on any atom is 0.336 e. The quantitative estimate of drug-likeness (QED) is 0.884. The number of hydrogen-bond donors (Lipinski definition) is 1. The molecule has 1 aliphatic rings. The van der Waals surface area contributed by atoms with Crippen molar-refractivity contribution >= 4 is 5.97 Å². The number of rotatable bonds is 3. The number of fused-ring (bicyclic) bond motifs is 3. The summed E-state index contributed by atoms with van der Waals surface area (Å²) in [4.78, 5) is 11.4. The van der Waals surface area contributed by atoms with Crippen LogP contribution in [0.15, 0.2) is 42.5 Å². The van der Waals surface area contributed by atoms with E-state index in [-0.39, 0.29) is 0 Å². The monoisotopic (exact) mass is 252 g/mol. The van der Waals surface area contributed by atoms with E-state index in [9.17, 15) is 9.90 Å². The molecule has 0 amide bonds. The third-order valence-corrected chi connectivity index (χ3v) is 3.89. The maximum absolute atomic E-state index is 11.4. The van der Waals surface area contributed by atoms with Crippen LogP contribution >= 0.6 is 0 Å². The summed E-state index contributed by atoms with van der Waals surface area (Å²) in [6.07, 6.45) is 2.16. The third kappa shape index (κ3) is 1.75. The molecule has 3 rings (SSSR count). The average Bonchev–Trinajstić information content (AvgIpc) is 2.74. The zero-order valence-corrected chi connectivity index (χ0v) is 10.9. The van der Waals surface area contributed by atoms with Crippen LogP contribution in [0.1, 0.15) is 47.2 Å². The molecule has 0 bridgehead atoms.